The molecular formula is C19H11BrClN3OS. The predicted octanol–water partition coefficient (Wildman–Crippen LogP) is 6.03. The fourth-order valence-corrected chi connectivity index (χ4v) is 4.12. The van der Waals surface area contributed by atoms with E-state index in [1.807, 2.05) is 30.3 Å². The van der Waals surface area contributed by atoms with Crippen molar-refractivity contribution in [1.29, 1.82) is 0 Å². The van der Waals surface area contributed by atoms with Crippen LogP contribution in [0.5, 0.6) is 0 Å². The quantitative estimate of drug-likeness (QED) is 0.420. The summed E-state index contributed by atoms with van der Waals surface area (Å²) < 4.78 is 1.84. The van der Waals surface area contributed by atoms with Gasteiger partial charge in [-0.2, -0.15) is 0 Å². The molecule has 0 saturated carbocycles. The molecule has 0 atom stereocenters. The highest BCUT2D eigenvalue weighted by Crippen LogP contribution is 2.35. The number of aromatic nitrogens is 2. The van der Waals surface area contributed by atoms with Crippen LogP contribution in [0.4, 0.5) is 5.69 Å². The van der Waals surface area contributed by atoms with Gasteiger partial charge in [0.2, 0.25) is 0 Å². The van der Waals surface area contributed by atoms with E-state index in [1.165, 1.54) is 6.20 Å². The van der Waals surface area contributed by atoms with Gasteiger partial charge < -0.3 is 5.32 Å². The molecule has 0 aliphatic carbocycles. The molecule has 0 fully saturated rings. The molecule has 4 rings (SSSR count). The number of rotatable bonds is 3. The van der Waals surface area contributed by atoms with Crippen LogP contribution in [-0.2, 0) is 0 Å². The van der Waals surface area contributed by atoms with Crippen LogP contribution in [0.3, 0.4) is 0 Å². The van der Waals surface area contributed by atoms with Gasteiger partial charge >= 0.3 is 0 Å². The third-order valence-corrected chi connectivity index (χ3v) is 5.55. The number of thiazole rings is 1. The van der Waals surface area contributed by atoms with Crippen molar-refractivity contribution in [2.45, 2.75) is 0 Å². The fourth-order valence-electron chi connectivity index (χ4n) is 2.49. The monoisotopic (exact) mass is 443 g/mol. The van der Waals surface area contributed by atoms with E-state index in [2.05, 4.69) is 31.2 Å². The normalized spacial score (nSPS) is 10.8. The maximum absolute atomic E-state index is 12.4. The number of amides is 1. The Balaban J connectivity index is 1.67. The van der Waals surface area contributed by atoms with Gasteiger partial charge in [0, 0.05) is 28.1 Å². The second-order valence-corrected chi connectivity index (χ2v) is 7.88. The minimum absolute atomic E-state index is 0.239. The minimum atomic E-state index is -0.239. The largest absolute Gasteiger partial charge is 0.322 e. The SMILES string of the molecule is O=C(Nc1ccc(Cl)c(-c2nc3ccccc3s2)c1)c1cncc(Br)c1. The summed E-state index contributed by atoms with van der Waals surface area (Å²) in [5.74, 6) is -0.239. The van der Waals surface area contributed by atoms with E-state index >= 15 is 0 Å². The second-order valence-electron chi connectivity index (χ2n) is 5.53. The van der Waals surface area contributed by atoms with E-state index in [9.17, 15) is 4.79 Å². The summed E-state index contributed by atoms with van der Waals surface area (Å²) >= 11 is 11.3. The lowest BCUT2D eigenvalue weighted by atomic mass is 10.2. The zero-order valence-corrected chi connectivity index (χ0v) is 16.4. The molecule has 0 saturated heterocycles. The zero-order valence-electron chi connectivity index (χ0n) is 13.2. The van der Waals surface area contributed by atoms with Gasteiger partial charge in [0.25, 0.3) is 5.91 Å². The number of hydrogen-bond acceptors (Lipinski definition) is 4. The second kappa shape index (κ2) is 7.15. The summed E-state index contributed by atoms with van der Waals surface area (Å²) in [5, 5.41) is 4.28. The Labute approximate surface area is 167 Å². The number of pyridine rings is 1. The van der Waals surface area contributed by atoms with Crippen LogP contribution in [0.25, 0.3) is 20.8 Å². The molecule has 0 unspecified atom stereocenters. The van der Waals surface area contributed by atoms with Crippen LogP contribution in [0.2, 0.25) is 5.02 Å². The summed E-state index contributed by atoms with van der Waals surface area (Å²) in [6.45, 7) is 0. The highest BCUT2D eigenvalue weighted by Gasteiger charge is 2.13. The number of para-hydroxylation sites is 1. The number of anilines is 1. The first kappa shape index (κ1) is 17.1. The Morgan fingerprint density at radius 2 is 1.96 bits per heavy atom. The lowest BCUT2D eigenvalue weighted by molar-refractivity contribution is 0.102. The average Bonchev–Trinajstić information content (AvgIpc) is 3.07. The van der Waals surface area contributed by atoms with E-state index in [0.29, 0.717) is 16.3 Å². The van der Waals surface area contributed by atoms with E-state index < -0.39 is 0 Å². The van der Waals surface area contributed by atoms with Crippen molar-refractivity contribution in [3.63, 3.8) is 0 Å². The Morgan fingerprint density at radius 1 is 1.12 bits per heavy atom. The van der Waals surface area contributed by atoms with Gasteiger partial charge in [0.1, 0.15) is 5.01 Å². The van der Waals surface area contributed by atoms with Gasteiger partial charge in [-0.3, -0.25) is 9.78 Å². The molecule has 4 aromatic rings. The van der Waals surface area contributed by atoms with Crippen LogP contribution in [0.1, 0.15) is 10.4 Å². The van der Waals surface area contributed by atoms with Crippen molar-refractivity contribution in [3.05, 3.63) is 76.0 Å². The summed E-state index contributed by atoms with van der Waals surface area (Å²) in [6, 6.07) is 15.0. The van der Waals surface area contributed by atoms with Crippen molar-refractivity contribution in [3.8, 4) is 10.6 Å². The molecular weight excluding hydrogens is 434 g/mol. The Hall–Kier alpha value is -2.28. The van der Waals surface area contributed by atoms with E-state index in [-0.39, 0.29) is 5.91 Å². The van der Waals surface area contributed by atoms with Gasteiger partial charge in [-0.05, 0) is 52.3 Å². The van der Waals surface area contributed by atoms with Crippen molar-refractivity contribution in [2.75, 3.05) is 5.32 Å². The number of nitrogens with one attached hydrogen (secondary N) is 1. The fraction of sp³-hybridized carbons (Fsp3) is 0. The number of hydrogen-bond donors (Lipinski definition) is 1. The van der Waals surface area contributed by atoms with Crippen LogP contribution in [0, 0.1) is 0 Å². The maximum atomic E-state index is 12.4. The Morgan fingerprint density at radius 3 is 2.77 bits per heavy atom. The van der Waals surface area contributed by atoms with Crippen molar-refractivity contribution in [1.82, 2.24) is 9.97 Å². The number of carbonyl (C=O) groups excluding carboxylic acids is 1. The third-order valence-electron chi connectivity index (χ3n) is 3.72. The van der Waals surface area contributed by atoms with Gasteiger partial charge in [-0.25, -0.2) is 4.98 Å². The first-order chi connectivity index (χ1) is 12.6. The van der Waals surface area contributed by atoms with E-state index in [4.69, 9.17) is 11.6 Å². The van der Waals surface area contributed by atoms with Crippen LogP contribution >= 0.6 is 38.9 Å². The van der Waals surface area contributed by atoms with Crippen LogP contribution in [-0.4, -0.2) is 15.9 Å². The summed E-state index contributed by atoms with van der Waals surface area (Å²) in [6.07, 6.45) is 3.15. The molecule has 0 aliphatic rings. The van der Waals surface area contributed by atoms with Gasteiger partial charge in [-0.15, -0.1) is 11.3 Å². The topological polar surface area (TPSA) is 54.9 Å². The molecule has 1 amide bonds. The highest BCUT2D eigenvalue weighted by atomic mass is 79.9. The summed E-state index contributed by atoms with van der Waals surface area (Å²) in [5.41, 5.74) is 2.83. The number of benzene rings is 2. The molecule has 2 heterocycles. The van der Waals surface area contributed by atoms with Gasteiger partial charge in [0.05, 0.1) is 20.8 Å². The number of carbonyl (C=O) groups is 1. The molecule has 0 spiro atoms. The third kappa shape index (κ3) is 3.49. The van der Waals surface area contributed by atoms with Crippen molar-refractivity contribution in [2.24, 2.45) is 0 Å². The molecule has 26 heavy (non-hydrogen) atoms. The van der Waals surface area contributed by atoms with Crippen LogP contribution < -0.4 is 5.32 Å². The molecule has 0 aliphatic heterocycles. The van der Waals surface area contributed by atoms with Gasteiger partial charge in [-0.1, -0.05) is 23.7 Å². The molecule has 2 aromatic carbocycles. The lowest BCUT2D eigenvalue weighted by Crippen LogP contribution is -2.12. The molecule has 0 radical (unpaired) electrons. The number of halogens is 2. The standard InChI is InChI=1S/C19H11BrClN3OS/c20-12-7-11(9-22-10-12)18(25)23-13-5-6-15(21)14(8-13)19-24-16-3-1-2-4-17(16)26-19/h1-10H,(H,23,25). The summed E-state index contributed by atoms with van der Waals surface area (Å²) in [4.78, 5) is 21.1. The van der Waals surface area contributed by atoms with Gasteiger partial charge in [0.15, 0.2) is 0 Å². The minimum Gasteiger partial charge on any atom is -0.322 e. The first-order valence-electron chi connectivity index (χ1n) is 7.67. The lowest BCUT2D eigenvalue weighted by Gasteiger charge is -2.08. The molecule has 1 N–H and O–H groups in total. The average molecular weight is 445 g/mol. The van der Waals surface area contributed by atoms with E-state index in [1.54, 1.807) is 35.7 Å². The molecule has 4 nitrogen and oxygen atoms in total. The van der Waals surface area contributed by atoms with Crippen molar-refractivity contribution < 1.29 is 4.79 Å². The first-order valence-corrected chi connectivity index (χ1v) is 9.66. The molecule has 0 bridgehead atoms. The smallest absolute Gasteiger partial charge is 0.257 e. The highest BCUT2D eigenvalue weighted by molar-refractivity contribution is 9.10. The Bertz CT molecular complexity index is 1100. The molecule has 7 heteroatoms. The predicted molar refractivity (Wildman–Crippen MR) is 110 cm³/mol. The zero-order chi connectivity index (χ0) is 18.1. The van der Waals surface area contributed by atoms with Crippen LogP contribution in [0.15, 0.2) is 65.4 Å². The van der Waals surface area contributed by atoms with E-state index in [0.717, 1.165) is 25.3 Å². The van der Waals surface area contributed by atoms with Crippen molar-refractivity contribution >= 4 is 60.7 Å². The number of fused-ring (bicyclic) bond motifs is 1. The maximum Gasteiger partial charge on any atom is 0.257 e. The summed E-state index contributed by atoms with van der Waals surface area (Å²) in [7, 11) is 0. The Kier molecular flexibility index (Phi) is 4.72. The molecule has 128 valence electrons. The number of nitrogens with zero attached hydrogens (tertiary/aromatic N) is 2. The molecule has 2 aromatic heterocycles.